The van der Waals surface area contributed by atoms with Crippen molar-refractivity contribution in [3.8, 4) is 0 Å². The molecule has 0 unspecified atom stereocenters. The fourth-order valence-corrected chi connectivity index (χ4v) is 4.60. The van der Waals surface area contributed by atoms with E-state index in [0.717, 1.165) is 38.3 Å². The van der Waals surface area contributed by atoms with Gasteiger partial charge in [0.2, 0.25) is 10.0 Å². The van der Waals surface area contributed by atoms with E-state index in [1.807, 2.05) is 0 Å². The quantitative estimate of drug-likeness (QED) is 0.303. The lowest BCUT2D eigenvalue weighted by molar-refractivity contribution is 0.275. The highest BCUT2D eigenvalue weighted by molar-refractivity contribution is 14.0. The van der Waals surface area contributed by atoms with E-state index in [-0.39, 0.29) is 24.0 Å². The number of aromatic amines is 1. The van der Waals surface area contributed by atoms with Crippen molar-refractivity contribution in [2.75, 3.05) is 39.5 Å². The van der Waals surface area contributed by atoms with E-state index >= 15 is 0 Å². The fourth-order valence-electron chi connectivity index (χ4n) is 3.73. The number of hydrogen-bond donors (Lipinski definition) is 3. The molecule has 3 rings (SSSR count). The first-order valence-electron chi connectivity index (χ1n) is 9.83. The molecule has 0 aliphatic carbocycles. The van der Waals surface area contributed by atoms with E-state index in [0.29, 0.717) is 19.0 Å². The summed E-state index contributed by atoms with van der Waals surface area (Å²) in [6.45, 7) is 4.92. The van der Waals surface area contributed by atoms with Crippen molar-refractivity contribution >= 4 is 50.9 Å². The number of piperidine rings is 1. The van der Waals surface area contributed by atoms with Crippen LogP contribution < -0.4 is 10.6 Å². The lowest BCUT2D eigenvalue weighted by atomic mass is 9.98. The molecule has 29 heavy (non-hydrogen) atoms. The number of nitrogens with one attached hydrogen (secondary N) is 3. The van der Waals surface area contributed by atoms with Crippen LogP contribution in [0.1, 0.15) is 24.0 Å². The highest BCUT2D eigenvalue weighted by Crippen LogP contribution is 2.20. The maximum atomic E-state index is 11.6. The molecule has 1 aromatic carbocycles. The van der Waals surface area contributed by atoms with Crippen LogP contribution in [0.4, 0.5) is 0 Å². The van der Waals surface area contributed by atoms with Crippen molar-refractivity contribution in [1.29, 1.82) is 0 Å². The molecule has 0 radical (unpaired) electrons. The van der Waals surface area contributed by atoms with Crippen LogP contribution in [-0.2, 0) is 16.4 Å². The summed E-state index contributed by atoms with van der Waals surface area (Å²) < 4.78 is 24.8. The smallest absolute Gasteiger partial charge is 0.211 e. The number of guanidine groups is 1. The van der Waals surface area contributed by atoms with Gasteiger partial charge in [0.1, 0.15) is 0 Å². The number of rotatable bonds is 6. The van der Waals surface area contributed by atoms with Crippen LogP contribution in [0.5, 0.6) is 0 Å². The average Bonchev–Trinajstić information content (AvgIpc) is 3.06. The van der Waals surface area contributed by atoms with Crippen molar-refractivity contribution < 1.29 is 8.42 Å². The summed E-state index contributed by atoms with van der Waals surface area (Å²) >= 11 is 0. The largest absolute Gasteiger partial charge is 0.361 e. The number of fused-ring (bicyclic) bond motifs is 1. The van der Waals surface area contributed by atoms with Gasteiger partial charge in [0.15, 0.2) is 5.96 Å². The Kier molecular flexibility index (Phi) is 8.77. The third-order valence-corrected chi connectivity index (χ3v) is 6.74. The Balaban J connectivity index is 0.00000300. The molecule has 3 N–H and O–H groups in total. The molecule has 162 valence electrons. The van der Waals surface area contributed by atoms with Gasteiger partial charge in [-0.1, -0.05) is 12.1 Å². The van der Waals surface area contributed by atoms with Crippen molar-refractivity contribution in [2.24, 2.45) is 10.9 Å². The van der Waals surface area contributed by atoms with Gasteiger partial charge in [-0.25, -0.2) is 12.7 Å². The van der Waals surface area contributed by atoms with Crippen molar-refractivity contribution in [3.05, 3.63) is 35.5 Å². The van der Waals surface area contributed by atoms with Gasteiger partial charge < -0.3 is 15.6 Å². The number of H-pyrrole nitrogens is 1. The molecule has 0 spiro atoms. The van der Waals surface area contributed by atoms with Crippen molar-refractivity contribution in [1.82, 2.24) is 19.9 Å². The highest BCUT2D eigenvalue weighted by Gasteiger charge is 2.24. The Bertz CT molecular complexity index is 933. The minimum atomic E-state index is -3.06. The fraction of sp³-hybridized carbons (Fsp3) is 0.550. The molecule has 1 aliphatic heterocycles. The summed E-state index contributed by atoms with van der Waals surface area (Å²) in [4.78, 5) is 7.64. The van der Waals surface area contributed by atoms with Crippen molar-refractivity contribution in [2.45, 2.75) is 26.2 Å². The first-order chi connectivity index (χ1) is 13.4. The molecular formula is C20H32IN5O2S. The summed E-state index contributed by atoms with van der Waals surface area (Å²) in [5.74, 6) is 1.26. The number of hydrogen-bond acceptors (Lipinski definition) is 3. The number of nitrogens with zero attached hydrogens (tertiary/aromatic N) is 2. The van der Waals surface area contributed by atoms with Crippen LogP contribution in [0, 0.1) is 12.8 Å². The minimum absolute atomic E-state index is 0. The molecule has 0 amide bonds. The average molecular weight is 533 g/mol. The predicted octanol–water partition coefficient (Wildman–Crippen LogP) is 2.47. The highest BCUT2D eigenvalue weighted by atomic mass is 127. The van der Waals surface area contributed by atoms with Gasteiger partial charge in [-0.05, 0) is 49.3 Å². The van der Waals surface area contributed by atoms with Gasteiger partial charge in [0.05, 0.1) is 6.26 Å². The first kappa shape index (κ1) is 23.9. The van der Waals surface area contributed by atoms with Gasteiger partial charge in [-0.3, -0.25) is 4.99 Å². The molecule has 1 fully saturated rings. The maximum Gasteiger partial charge on any atom is 0.211 e. The first-order valence-corrected chi connectivity index (χ1v) is 11.7. The summed E-state index contributed by atoms with van der Waals surface area (Å²) in [6.07, 6.45) is 6.04. The molecule has 1 aromatic heterocycles. The van der Waals surface area contributed by atoms with E-state index < -0.39 is 10.0 Å². The van der Waals surface area contributed by atoms with E-state index in [1.54, 1.807) is 11.4 Å². The van der Waals surface area contributed by atoms with Crippen LogP contribution in [-0.4, -0.2) is 63.1 Å². The molecule has 2 aromatic rings. The van der Waals surface area contributed by atoms with Crippen LogP contribution in [0.25, 0.3) is 10.9 Å². The third kappa shape index (κ3) is 6.58. The van der Waals surface area contributed by atoms with E-state index in [1.165, 1.54) is 28.3 Å². The van der Waals surface area contributed by atoms with E-state index in [2.05, 4.69) is 51.9 Å². The van der Waals surface area contributed by atoms with Crippen LogP contribution >= 0.6 is 24.0 Å². The van der Waals surface area contributed by atoms with Gasteiger partial charge in [-0.15, -0.1) is 24.0 Å². The Hall–Kier alpha value is -1.33. The van der Waals surface area contributed by atoms with E-state index in [4.69, 9.17) is 0 Å². The summed E-state index contributed by atoms with van der Waals surface area (Å²) in [6, 6.07) is 6.48. The van der Waals surface area contributed by atoms with Gasteiger partial charge >= 0.3 is 0 Å². The number of aliphatic imine (C=N–C) groups is 1. The predicted molar refractivity (Wildman–Crippen MR) is 131 cm³/mol. The Morgan fingerprint density at radius 2 is 2.00 bits per heavy atom. The van der Waals surface area contributed by atoms with Crippen molar-refractivity contribution in [3.63, 3.8) is 0 Å². The van der Waals surface area contributed by atoms with Gasteiger partial charge in [0, 0.05) is 50.3 Å². The number of benzene rings is 1. The topological polar surface area (TPSA) is 89.6 Å². The number of halogens is 1. The molecule has 0 bridgehead atoms. The zero-order valence-electron chi connectivity index (χ0n) is 17.4. The maximum absolute atomic E-state index is 11.6. The second-order valence-electron chi connectivity index (χ2n) is 7.60. The molecule has 0 atom stereocenters. The van der Waals surface area contributed by atoms with Crippen LogP contribution in [0.2, 0.25) is 0 Å². The lowest BCUT2D eigenvalue weighted by Crippen LogP contribution is -2.44. The SMILES string of the molecule is CN=C(NCCc1c[nH]c2cc(C)ccc12)NCC1CCN(S(C)(=O)=O)CC1.I. The Morgan fingerprint density at radius 3 is 2.66 bits per heavy atom. The normalized spacial score (nSPS) is 16.6. The number of aryl methyl sites for hydroxylation is 1. The Morgan fingerprint density at radius 1 is 1.28 bits per heavy atom. The lowest BCUT2D eigenvalue weighted by Gasteiger charge is -2.30. The van der Waals surface area contributed by atoms with Gasteiger partial charge in [-0.2, -0.15) is 0 Å². The summed E-state index contributed by atoms with van der Waals surface area (Å²) in [5, 5.41) is 8.03. The number of aromatic nitrogens is 1. The van der Waals surface area contributed by atoms with Crippen LogP contribution in [0.15, 0.2) is 29.4 Å². The number of sulfonamides is 1. The molecule has 9 heteroatoms. The minimum Gasteiger partial charge on any atom is -0.361 e. The third-order valence-electron chi connectivity index (χ3n) is 5.43. The molecule has 0 saturated carbocycles. The van der Waals surface area contributed by atoms with Crippen LogP contribution in [0.3, 0.4) is 0 Å². The molecular weight excluding hydrogens is 501 g/mol. The zero-order valence-corrected chi connectivity index (χ0v) is 20.5. The second-order valence-corrected chi connectivity index (χ2v) is 9.58. The molecule has 1 aliphatic rings. The monoisotopic (exact) mass is 533 g/mol. The summed E-state index contributed by atoms with van der Waals surface area (Å²) in [5.41, 5.74) is 3.73. The van der Waals surface area contributed by atoms with E-state index in [9.17, 15) is 8.42 Å². The molecule has 1 saturated heterocycles. The van der Waals surface area contributed by atoms with Gasteiger partial charge in [0.25, 0.3) is 0 Å². The molecule has 7 nitrogen and oxygen atoms in total. The summed E-state index contributed by atoms with van der Waals surface area (Å²) in [7, 11) is -1.29. The molecule has 2 heterocycles. The standard InChI is InChI=1S/C20H31N5O2S.HI/c1-15-4-5-18-17(14-23-19(18)12-15)6-9-22-20(21-2)24-13-16-7-10-25(11-8-16)28(3,26)27;/h4-5,12,14,16,23H,6-11,13H2,1-3H3,(H2,21,22,24);1H. The second kappa shape index (κ2) is 10.6. The zero-order chi connectivity index (χ0) is 20.1. The Labute approximate surface area is 190 Å².